The second-order valence-electron chi connectivity index (χ2n) is 9.98. The second kappa shape index (κ2) is 13.1. The summed E-state index contributed by atoms with van der Waals surface area (Å²) in [5.74, 6) is -0.620. The number of carbonyl (C=O) groups is 1. The molecule has 0 aromatic heterocycles. The summed E-state index contributed by atoms with van der Waals surface area (Å²) in [4.78, 5) is 24.4. The molecule has 0 aliphatic carbocycles. The Balaban J connectivity index is 1.30. The lowest BCUT2D eigenvalue weighted by Gasteiger charge is -2.21. The van der Waals surface area contributed by atoms with Gasteiger partial charge in [0.25, 0.3) is 16.0 Å². The number of rotatable bonds is 12. The highest BCUT2D eigenvalue weighted by atomic mass is 32.2. The van der Waals surface area contributed by atoms with Crippen LogP contribution < -0.4 is 4.74 Å². The maximum absolute atomic E-state index is 14.8. The summed E-state index contributed by atoms with van der Waals surface area (Å²) >= 11 is 0. The molecule has 0 saturated carbocycles. The third kappa shape index (κ3) is 7.45. The number of hydrogen-bond acceptors (Lipinski definition) is 6. The van der Waals surface area contributed by atoms with Crippen LogP contribution in [0.1, 0.15) is 42.4 Å². The molecule has 0 radical (unpaired) electrons. The molecule has 0 bridgehead atoms. The quantitative estimate of drug-likeness (QED) is 0.161. The molecule has 3 aromatic rings. The number of carbonyl (C=O) groups excluding carboxylic acids is 1. The van der Waals surface area contributed by atoms with Crippen molar-refractivity contribution in [3.63, 3.8) is 0 Å². The van der Waals surface area contributed by atoms with Crippen molar-refractivity contribution >= 4 is 39.3 Å². The van der Waals surface area contributed by atoms with Crippen LogP contribution in [-0.2, 0) is 21.3 Å². The van der Waals surface area contributed by atoms with Crippen LogP contribution in [0.25, 0.3) is 11.8 Å². The molecule has 0 fully saturated rings. The first-order valence-electron chi connectivity index (χ1n) is 13.7. The third-order valence-corrected chi connectivity index (χ3v) is 7.56. The van der Waals surface area contributed by atoms with Gasteiger partial charge in [0.2, 0.25) is 0 Å². The first-order chi connectivity index (χ1) is 20.3. The molecule has 0 saturated heterocycles. The number of amidine groups is 1. The minimum atomic E-state index is -3.94. The Morgan fingerprint density at radius 2 is 1.62 bits per heavy atom. The fourth-order valence-corrected chi connectivity index (χ4v) is 5.23. The normalized spacial score (nSPS) is 15.8. The maximum atomic E-state index is 14.8. The van der Waals surface area contributed by atoms with Gasteiger partial charge in [-0.1, -0.05) is 79.6 Å². The third-order valence-electron chi connectivity index (χ3n) is 6.75. The number of halogens is 1. The molecule has 3 aromatic carbocycles. The Labute approximate surface area is 244 Å². The van der Waals surface area contributed by atoms with E-state index < -0.39 is 15.9 Å². The van der Waals surface area contributed by atoms with Gasteiger partial charge in [0.15, 0.2) is 17.4 Å². The molecule has 10 heteroatoms. The van der Waals surface area contributed by atoms with Crippen LogP contribution in [0.3, 0.4) is 0 Å². The lowest BCUT2D eigenvalue weighted by molar-refractivity contribution is -0.120. The van der Waals surface area contributed by atoms with Crippen LogP contribution in [0.4, 0.5) is 4.39 Å². The molecule has 216 valence electrons. The van der Waals surface area contributed by atoms with Gasteiger partial charge in [-0.3, -0.25) is 14.2 Å². The van der Waals surface area contributed by atoms with Crippen LogP contribution in [0.5, 0.6) is 5.75 Å². The fourth-order valence-electron chi connectivity index (χ4n) is 4.66. The second-order valence-corrected chi connectivity index (χ2v) is 11.6. The predicted octanol–water partition coefficient (Wildman–Crippen LogP) is 5.93. The van der Waals surface area contributed by atoms with Gasteiger partial charge in [-0.2, -0.15) is 8.42 Å². The molecule has 42 heavy (non-hydrogen) atoms. The molecule has 0 spiro atoms. The van der Waals surface area contributed by atoms with Crippen molar-refractivity contribution in [1.82, 2.24) is 4.90 Å². The summed E-state index contributed by atoms with van der Waals surface area (Å²) in [6, 6.07) is 23.9. The topological polar surface area (TPSA) is 109 Å². The number of fused-ring (bicyclic) bond motifs is 1. The van der Waals surface area contributed by atoms with E-state index >= 15 is 0 Å². The van der Waals surface area contributed by atoms with Gasteiger partial charge in [-0.05, 0) is 42.2 Å². The van der Waals surface area contributed by atoms with Crippen molar-refractivity contribution in [3.05, 3.63) is 113 Å². The molecule has 8 nitrogen and oxygen atoms in total. The molecular weight excluding hydrogens is 557 g/mol. The number of nitrogens with zero attached hydrogens (tertiary/aromatic N) is 3. The van der Waals surface area contributed by atoms with Crippen molar-refractivity contribution in [2.75, 3.05) is 12.4 Å². The zero-order valence-electron chi connectivity index (χ0n) is 22.8. The van der Waals surface area contributed by atoms with Gasteiger partial charge in [0.1, 0.15) is 5.70 Å². The summed E-state index contributed by atoms with van der Waals surface area (Å²) in [6.07, 6.45) is 6.01. The largest absolute Gasteiger partial charge is 0.491 e. The standard InChI is InChI=1S/C32H30FN3O5S/c33-26-19-24(15-16-30(26)41-17-9-1-2-10-18-42(38,39)40)21-28-32(37)36-22-29(25-13-7-4-8-14-25)34-27(31(36)35-28)20-23-11-5-3-6-12-23/h3-8,11-16,19,21-22H,1-2,9-10,17-18,20H2,(H,38,39,40)/b28-21-. The molecule has 2 aliphatic heterocycles. The first kappa shape index (κ1) is 29.1. The van der Waals surface area contributed by atoms with E-state index in [1.165, 1.54) is 17.0 Å². The zero-order chi connectivity index (χ0) is 29.5. The number of amides is 1. The molecule has 2 heterocycles. The summed E-state index contributed by atoms with van der Waals surface area (Å²) in [7, 11) is -3.94. The molecule has 0 unspecified atom stereocenters. The van der Waals surface area contributed by atoms with E-state index in [1.54, 1.807) is 18.3 Å². The Bertz CT molecular complexity index is 1680. The Morgan fingerprint density at radius 3 is 2.33 bits per heavy atom. The van der Waals surface area contributed by atoms with Crippen LogP contribution in [0, 0.1) is 5.82 Å². The van der Waals surface area contributed by atoms with Gasteiger partial charge < -0.3 is 4.74 Å². The van der Waals surface area contributed by atoms with Gasteiger partial charge >= 0.3 is 0 Å². The van der Waals surface area contributed by atoms with E-state index in [-0.39, 0.29) is 29.7 Å². The fraction of sp³-hybridized carbons (Fsp3) is 0.219. The SMILES string of the molecule is O=C1/C(=C/c2ccc(OCCCCCCS(=O)(=O)O)c(F)c2)N=C2C(Cc3ccccc3)=NC(c3ccccc3)=CN12. The number of aliphatic imine (C=N–C) groups is 2. The summed E-state index contributed by atoms with van der Waals surface area (Å²) in [5, 5.41) is 0. The monoisotopic (exact) mass is 587 g/mol. The van der Waals surface area contributed by atoms with Crippen LogP contribution >= 0.6 is 0 Å². The van der Waals surface area contributed by atoms with Gasteiger partial charge in [0.05, 0.1) is 23.8 Å². The van der Waals surface area contributed by atoms with Crippen molar-refractivity contribution < 1.29 is 26.9 Å². The van der Waals surface area contributed by atoms with E-state index in [0.717, 1.165) is 11.1 Å². The number of unbranched alkanes of at least 4 members (excludes halogenated alkanes) is 3. The average Bonchev–Trinajstić information content (AvgIpc) is 3.29. The maximum Gasteiger partial charge on any atom is 0.282 e. The van der Waals surface area contributed by atoms with Gasteiger partial charge in [-0.25, -0.2) is 14.4 Å². The van der Waals surface area contributed by atoms with E-state index in [9.17, 15) is 17.6 Å². The smallest absolute Gasteiger partial charge is 0.282 e. The zero-order valence-corrected chi connectivity index (χ0v) is 23.6. The van der Waals surface area contributed by atoms with E-state index in [2.05, 4.69) is 4.99 Å². The van der Waals surface area contributed by atoms with E-state index in [0.29, 0.717) is 54.9 Å². The Hall–Kier alpha value is -4.41. The Morgan fingerprint density at radius 1 is 0.905 bits per heavy atom. The van der Waals surface area contributed by atoms with E-state index in [1.807, 2.05) is 60.7 Å². The Kier molecular flexibility index (Phi) is 9.04. The van der Waals surface area contributed by atoms with Crippen molar-refractivity contribution in [2.24, 2.45) is 9.98 Å². The molecular formula is C32H30FN3O5S. The highest BCUT2D eigenvalue weighted by Gasteiger charge is 2.35. The predicted molar refractivity (Wildman–Crippen MR) is 161 cm³/mol. The lowest BCUT2D eigenvalue weighted by Crippen LogP contribution is -2.36. The molecule has 1 N–H and O–H groups in total. The van der Waals surface area contributed by atoms with Gasteiger partial charge in [0, 0.05) is 18.2 Å². The number of hydrogen-bond donors (Lipinski definition) is 1. The van der Waals surface area contributed by atoms with Crippen LogP contribution in [0.15, 0.2) is 101 Å². The highest BCUT2D eigenvalue weighted by Crippen LogP contribution is 2.29. The first-order valence-corrected chi connectivity index (χ1v) is 15.3. The van der Waals surface area contributed by atoms with Crippen LogP contribution in [0.2, 0.25) is 0 Å². The van der Waals surface area contributed by atoms with Crippen LogP contribution in [-0.4, -0.2) is 47.7 Å². The molecule has 2 aliphatic rings. The minimum Gasteiger partial charge on any atom is -0.491 e. The minimum absolute atomic E-state index is 0.0873. The van der Waals surface area contributed by atoms with Gasteiger partial charge in [-0.15, -0.1) is 0 Å². The van der Waals surface area contributed by atoms with E-state index in [4.69, 9.17) is 14.3 Å². The highest BCUT2D eigenvalue weighted by molar-refractivity contribution is 7.85. The summed E-state index contributed by atoms with van der Waals surface area (Å²) in [6.45, 7) is 0.268. The molecule has 5 rings (SSSR count). The van der Waals surface area contributed by atoms with Crippen molar-refractivity contribution in [2.45, 2.75) is 32.1 Å². The molecule has 1 amide bonds. The molecule has 0 atom stereocenters. The lowest BCUT2D eigenvalue weighted by atomic mass is 10.1. The number of ether oxygens (including phenoxy) is 1. The average molecular weight is 588 g/mol. The summed E-state index contributed by atoms with van der Waals surface area (Å²) < 4.78 is 50.6. The summed E-state index contributed by atoms with van der Waals surface area (Å²) in [5.41, 5.74) is 3.87. The van der Waals surface area contributed by atoms with Crippen molar-refractivity contribution in [1.29, 1.82) is 0 Å². The number of benzene rings is 3. The van der Waals surface area contributed by atoms with Crippen molar-refractivity contribution in [3.8, 4) is 5.75 Å².